The average Bonchev–Trinajstić information content (AvgIpc) is 3.66. The summed E-state index contributed by atoms with van der Waals surface area (Å²) in [5.74, 6) is -1.49. The van der Waals surface area contributed by atoms with E-state index in [0.29, 0.717) is 26.2 Å². The number of aromatic amines is 1. The van der Waals surface area contributed by atoms with Crippen molar-refractivity contribution >= 4 is 28.4 Å². The predicted octanol–water partition coefficient (Wildman–Crippen LogP) is 5.17. The van der Waals surface area contributed by atoms with E-state index < -0.39 is 5.92 Å². The number of amides is 1. The lowest BCUT2D eigenvalue weighted by Gasteiger charge is -2.45. The highest BCUT2D eigenvalue weighted by atomic mass is 19.3. The standard InChI is InChI=1S/C31H40F2N8O/c1-18(2)27-28(23-15-41-30(34-17-35-41)22(6)21(23)5)36-24-7-8-25(37-29(24)27)39-13-20(4)40(14-19(39)3)26(42)9-11-38-12-10-31(32,33)16-38/h7-8,15,17-20,36H,9-14,16H2,1-6H3/t19-,20+/m0/s1. The van der Waals surface area contributed by atoms with Crippen LogP contribution in [0.1, 0.15) is 63.1 Å². The highest BCUT2D eigenvalue weighted by Crippen LogP contribution is 2.38. The molecule has 1 N–H and O–H groups in total. The normalized spacial score (nSPS) is 21.4. The number of H-pyrrole nitrogens is 1. The van der Waals surface area contributed by atoms with Crippen LogP contribution in [-0.4, -0.2) is 91.0 Å². The van der Waals surface area contributed by atoms with E-state index in [4.69, 9.17) is 4.98 Å². The van der Waals surface area contributed by atoms with Gasteiger partial charge in [-0.2, -0.15) is 5.10 Å². The molecular weight excluding hydrogens is 538 g/mol. The van der Waals surface area contributed by atoms with Gasteiger partial charge in [-0.3, -0.25) is 9.69 Å². The van der Waals surface area contributed by atoms with E-state index in [1.807, 2.05) is 15.6 Å². The number of alkyl halides is 2. The summed E-state index contributed by atoms with van der Waals surface area (Å²) in [5, 5.41) is 4.39. The molecule has 0 aliphatic carbocycles. The molecule has 0 radical (unpaired) electrons. The maximum Gasteiger partial charge on any atom is 0.261 e. The molecule has 0 spiro atoms. The SMILES string of the molecule is Cc1c(-c2[nH]c3ccc(N4C[C@@H](C)N(C(=O)CCN5CCC(F)(F)C5)C[C@@H]4C)nc3c2C(C)C)cn2ncnc2c1C. The van der Waals surface area contributed by atoms with E-state index in [1.165, 1.54) is 0 Å². The molecule has 4 aromatic heterocycles. The third kappa shape index (κ3) is 5.01. The van der Waals surface area contributed by atoms with E-state index in [0.717, 1.165) is 50.4 Å². The van der Waals surface area contributed by atoms with Crippen molar-refractivity contribution < 1.29 is 13.6 Å². The second-order valence-corrected chi connectivity index (χ2v) is 12.5. The molecule has 0 aromatic carbocycles. The summed E-state index contributed by atoms with van der Waals surface area (Å²) in [4.78, 5) is 32.3. The minimum atomic E-state index is -2.64. The molecule has 0 unspecified atom stereocenters. The Morgan fingerprint density at radius 3 is 2.64 bits per heavy atom. The quantitative estimate of drug-likeness (QED) is 0.340. The summed E-state index contributed by atoms with van der Waals surface area (Å²) in [7, 11) is 0. The van der Waals surface area contributed by atoms with Gasteiger partial charge in [0.15, 0.2) is 5.65 Å². The van der Waals surface area contributed by atoms with Gasteiger partial charge in [-0.25, -0.2) is 23.3 Å². The number of hydrogen-bond acceptors (Lipinski definition) is 6. The fraction of sp³-hybridized carbons (Fsp3) is 0.548. The van der Waals surface area contributed by atoms with Crippen LogP contribution in [0.25, 0.3) is 27.9 Å². The lowest BCUT2D eigenvalue weighted by molar-refractivity contribution is -0.134. The molecule has 0 bridgehead atoms. The third-order valence-corrected chi connectivity index (χ3v) is 9.13. The van der Waals surface area contributed by atoms with E-state index in [9.17, 15) is 13.6 Å². The average molecular weight is 579 g/mol. The Morgan fingerprint density at radius 2 is 1.93 bits per heavy atom. The largest absolute Gasteiger partial charge is 0.353 e. The number of fused-ring (bicyclic) bond motifs is 2. The number of halogens is 2. The molecule has 224 valence electrons. The lowest BCUT2D eigenvalue weighted by Crippen LogP contribution is -2.58. The number of nitrogens with zero attached hydrogens (tertiary/aromatic N) is 7. The number of rotatable bonds is 6. The Hall–Kier alpha value is -3.60. The van der Waals surface area contributed by atoms with Crippen LogP contribution in [0, 0.1) is 13.8 Å². The molecule has 2 aliphatic rings. The maximum absolute atomic E-state index is 13.6. The number of carbonyl (C=O) groups excluding carboxylic acids is 1. The van der Waals surface area contributed by atoms with Crippen molar-refractivity contribution in [3.8, 4) is 11.3 Å². The summed E-state index contributed by atoms with van der Waals surface area (Å²) in [5.41, 5.74) is 8.35. The summed E-state index contributed by atoms with van der Waals surface area (Å²) in [6.07, 6.45) is 3.76. The van der Waals surface area contributed by atoms with E-state index in [1.54, 1.807) is 11.2 Å². The number of aromatic nitrogens is 5. The van der Waals surface area contributed by atoms with Gasteiger partial charge in [0.25, 0.3) is 5.92 Å². The predicted molar refractivity (Wildman–Crippen MR) is 160 cm³/mol. The Labute approximate surface area is 244 Å². The number of piperazine rings is 1. The lowest BCUT2D eigenvalue weighted by atomic mass is 9.95. The summed E-state index contributed by atoms with van der Waals surface area (Å²) < 4.78 is 29.0. The summed E-state index contributed by atoms with van der Waals surface area (Å²) in [6, 6.07) is 4.20. The van der Waals surface area contributed by atoms with Crippen LogP contribution in [-0.2, 0) is 4.79 Å². The van der Waals surface area contributed by atoms with Gasteiger partial charge in [0.05, 0.1) is 23.3 Å². The van der Waals surface area contributed by atoms with Crippen LogP contribution < -0.4 is 4.90 Å². The smallest absolute Gasteiger partial charge is 0.261 e. The number of aryl methyl sites for hydroxylation is 1. The van der Waals surface area contributed by atoms with Crippen molar-refractivity contribution in [1.29, 1.82) is 0 Å². The van der Waals surface area contributed by atoms with Crippen LogP contribution in [0.3, 0.4) is 0 Å². The molecule has 2 saturated heterocycles. The first-order valence-corrected chi connectivity index (χ1v) is 14.9. The van der Waals surface area contributed by atoms with Crippen LogP contribution >= 0.6 is 0 Å². The zero-order valence-electron chi connectivity index (χ0n) is 25.3. The molecule has 6 heterocycles. The minimum Gasteiger partial charge on any atom is -0.353 e. The molecule has 2 atom stereocenters. The van der Waals surface area contributed by atoms with E-state index >= 15 is 0 Å². The first-order chi connectivity index (χ1) is 19.9. The zero-order chi connectivity index (χ0) is 29.9. The molecular formula is C31H40F2N8O. The number of hydrogen-bond donors (Lipinski definition) is 1. The topological polar surface area (TPSA) is 85.7 Å². The van der Waals surface area contributed by atoms with Crippen molar-refractivity contribution in [2.24, 2.45) is 0 Å². The van der Waals surface area contributed by atoms with Gasteiger partial charge in [0, 0.05) is 68.4 Å². The number of anilines is 1. The molecule has 1 amide bonds. The number of nitrogens with one attached hydrogen (secondary N) is 1. The fourth-order valence-corrected chi connectivity index (χ4v) is 6.65. The Balaban J connectivity index is 1.25. The van der Waals surface area contributed by atoms with Crippen LogP contribution in [0.15, 0.2) is 24.7 Å². The van der Waals surface area contributed by atoms with Crippen molar-refractivity contribution in [2.75, 3.05) is 37.6 Å². The van der Waals surface area contributed by atoms with E-state index in [2.05, 4.69) is 73.6 Å². The molecule has 2 aliphatic heterocycles. The van der Waals surface area contributed by atoms with Gasteiger partial charge >= 0.3 is 0 Å². The van der Waals surface area contributed by atoms with Gasteiger partial charge in [-0.05, 0) is 56.9 Å². The van der Waals surface area contributed by atoms with Gasteiger partial charge in [-0.15, -0.1) is 0 Å². The highest BCUT2D eigenvalue weighted by Gasteiger charge is 2.39. The fourth-order valence-electron chi connectivity index (χ4n) is 6.65. The molecule has 11 heteroatoms. The third-order valence-electron chi connectivity index (χ3n) is 9.13. The first kappa shape index (κ1) is 28.5. The van der Waals surface area contributed by atoms with Crippen molar-refractivity contribution in [3.05, 3.63) is 41.3 Å². The summed E-state index contributed by atoms with van der Waals surface area (Å²) in [6.45, 7) is 14.5. The second kappa shape index (κ2) is 10.6. The van der Waals surface area contributed by atoms with E-state index in [-0.39, 0.29) is 43.3 Å². The van der Waals surface area contributed by atoms with Crippen LogP contribution in [0.4, 0.5) is 14.6 Å². The Kier molecular flexibility index (Phi) is 7.19. The van der Waals surface area contributed by atoms with Crippen molar-refractivity contribution in [2.45, 2.75) is 78.3 Å². The minimum absolute atomic E-state index is 0.0161. The molecule has 4 aromatic rings. The molecule has 9 nitrogen and oxygen atoms in total. The van der Waals surface area contributed by atoms with Gasteiger partial charge in [0.2, 0.25) is 5.91 Å². The molecule has 0 saturated carbocycles. The Bertz CT molecular complexity index is 1640. The van der Waals surface area contributed by atoms with Crippen LogP contribution in [0.2, 0.25) is 0 Å². The molecule has 42 heavy (non-hydrogen) atoms. The first-order valence-electron chi connectivity index (χ1n) is 14.9. The van der Waals surface area contributed by atoms with Crippen molar-refractivity contribution in [3.63, 3.8) is 0 Å². The van der Waals surface area contributed by atoms with Gasteiger partial charge < -0.3 is 14.8 Å². The number of likely N-dealkylation sites (tertiary alicyclic amines) is 1. The maximum atomic E-state index is 13.6. The van der Waals surface area contributed by atoms with Crippen molar-refractivity contribution in [1.82, 2.24) is 34.4 Å². The van der Waals surface area contributed by atoms with Gasteiger partial charge in [-0.1, -0.05) is 13.8 Å². The number of carbonyl (C=O) groups is 1. The zero-order valence-corrected chi connectivity index (χ0v) is 25.3. The second-order valence-electron chi connectivity index (χ2n) is 12.5. The summed E-state index contributed by atoms with van der Waals surface area (Å²) >= 11 is 0. The molecule has 2 fully saturated rings. The molecule has 6 rings (SSSR count). The highest BCUT2D eigenvalue weighted by molar-refractivity contribution is 5.90. The Morgan fingerprint density at radius 1 is 1.14 bits per heavy atom. The monoisotopic (exact) mass is 578 g/mol. The number of pyridine rings is 2. The van der Waals surface area contributed by atoms with Gasteiger partial charge in [0.1, 0.15) is 12.1 Å². The van der Waals surface area contributed by atoms with Crippen LogP contribution in [0.5, 0.6) is 0 Å².